The molecular formula is C20H22ClN3O5. The van der Waals surface area contributed by atoms with E-state index >= 15 is 0 Å². The summed E-state index contributed by atoms with van der Waals surface area (Å²) in [5, 5.41) is 18.1. The quantitative estimate of drug-likeness (QED) is 0.284. The number of hydrogen-bond acceptors (Lipinski definition) is 6. The minimum absolute atomic E-state index is 0.0855. The molecule has 1 amide bonds. The molecule has 8 nitrogen and oxygen atoms in total. The van der Waals surface area contributed by atoms with Gasteiger partial charge in [-0.05, 0) is 36.8 Å². The predicted octanol–water partition coefficient (Wildman–Crippen LogP) is 5.59. The van der Waals surface area contributed by atoms with Crippen LogP contribution in [0.4, 0.5) is 16.2 Å². The Morgan fingerprint density at radius 1 is 1.24 bits per heavy atom. The summed E-state index contributed by atoms with van der Waals surface area (Å²) in [5.41, 5.74) is 0.957. The smallest absolute Gasteiger partial charge is 0.437 e. The Morgan fingerprint density at radius 3 is 2.59 bits per heavy atom. The van der Waals surface area contributed by atoms with E-state index in [4.69, 9.17) is 21.2 Å². The van der Waals surface area contributed by atoms with Gasteiger partial charge in [0.1, 0.15) is 12.3 Å². The van der Waals surface area contributed by atoms with E-state index in [-0.39, 0.29) is 18.0 Å². The normalized spacial score (nSPS) is 11.7. The van der Waals surface area contributed by atoms with Crippen molar-refractivity contribution in [2.24, 2.45) is 10.6 Å². The number of nitrogens with one attached hydrogen (secondary N) is 1. The van der Waals surface area contributed by atoms with Gasteiger partial charge in [-0.25, -0.2) is 4.79 Å². The third-order valence-corrected chi connectivity index (χ3v) is 4.09. The van der Waals surface area contributed by atoms with Crippen LogP contribution in [0.2, 0.25) is 5.02 Å². The second-order valence-corrected chi connectivity index (χ2v) is 7.76. The van der Waals surface area contributed by atoms with E-state index in [0.717, 1.165) is 5.56 Å². The van der Waals surface area contributed by atoms with Crippen molar-refractivity contribution >= 4 is 34.8 Å². The van der Waals surface area contributed by atoms with Crippen LogP contribution in [0.15, 0.2) is 47.6 Å². The fourth-order valence-electron chi connectivity index (χ4n) is 2.22. The van der Waals surface area contributed by atoms with Crippen LogP contribution in [0.5, 0.6) is 5.75 Å². The fraction of sp³-hybridized carbons (Fsp3) is 0.300. The molecule has 2 aromatic carbocycles. The zero-order valence-corrected chi connectivity index (χ0v) is 17.3. The van der Waals surface area contributed by atoms with Crippen molar-refractivity contribution in [3.63, 3.8) is 0 Å². The second kappa shape index (κ2) is 9.38. The number of nitro benzene ring substituents is 1. The third kappa shape index (κ3) is 6.76. The van der Waals surface area contributed by atoms with E-state index in [1.54, 1.807) is 37.3 Å². The number of benzene rings is 2. The molecule has 0 atom stereocenters. The van der Waals surface area contributed by atoms with E-state index in [9.17, 15) is 14.9 Å². The monoisotopic (exact) mass is 419 g/mol. The molecule has 0 saturated heterocycles. The van der Waals surface area contributed by atoms with Gasteiger partial charge in [0.05, 0.1) is 4.92 Å². The standard InChI is InChI=1S/C20H22ClN3O5/c1-13-8-9-17(16(10-13)24(26)27)28-12-18(20(2,3)4)23-29-19(25)22-15-7-5-6-14(21)11-15/h5-11H,12H2,1-4H3,(H,22,25)/b23-18+. The maximum Gasteiger partial charge on any atom is 0.437 e. The average molecular weight is 420 g/mol. The Morgan fingerprint density at radius 2 is 1.97 bits per heavy atom. The molecular weight excluding hydrogens is 398 g/mol. The Bertz CT molecular complexity index is 938. The molecule has 0 aliphatic rings. The number of nitro groups is 1. The Hall–Kier alpha value is -3.13. The summed E-state index contributed by atoms with van der Waals surface area (Å²) in [5.74, 6) is 0.112. The lowest BCUT2D eigenvalue weighted by atomic mass is 9.90. The van der Waals surface area contributed by atoms with Crippen LogP contribution in [-0.4, -0.2) is 23.3 Å². The van der Waals surface area contributed by atoms with Crippen LogP contribution in [0.3, 0.4) is 0 Å². The van der Waals surface area contributed by atoms with Crippen LogP contribution < -0.4 is 10.1 Å². The molecule has 2 aromatic rings. The summed E-state index contributed by atoms with van der Waals surface area (Å²) in [4.78, 5) is 27.7. The first-order chi connectivity index (χ1) is 13.6. The third-order valence-electron chi connectivity index (χ3n) is 3.85. The van der Waals surface area contributed by atoms with Gasteiger partial charge in [0.25, 0.3) is 0 Å². The number of ether oxygens (including phenoxy) is 1. The summed E-state index contributed by atoms with van der Waals surface area (Å²) in [7, 11) is 0. The van der Waals surface area contributed by atoms with Gasteiger partial charge in [0, 0.05) is 22.2 Å². The first kappa shape index (κ1) is 22.2. The average Bonchev–Trinajstić information content (AvgIpc) is 2.61. The zero-order valence-electron chi connectivity index (χ0n) is 16.6. The zero-order chi connectivity index (χ0) is 21.6. The molecule has 0 fully saturated rings. The van der Waals surface area contributed by atoms with Gasteiger partial charge >= 0.3 is 11.8 Å². The highest BCUT2D eigenvalue weighted by molar-refractivity contribution is 6.30. The maximum atomic E-state index is 12.0. The van der Waals surface area contributed by atoms with Crippen molar-refractivity contribution in [1.82, 2.24) is 0 Å². The summed E-state index contributed by atoms with van der Waals surface area (Å²) in [6.07, 6.45) is -0.796. The molecule has 0 aliphatic carbocycles. The van der Waals surface area contributed by atoms with Gasteiger partial charge in [-0.1, -0.05) is 49.7 Å². The molecule has 0 radical (unpaired) electrons. The van der Waals surface area contributed by atoms with E-state index < -0.39 is 16.4 Å². The second-order valence-electron chi connectivity index (χ2n) is 7.32. The fourth-order valence-corrected chi connectivity index (χ4v) is 2.41. The number of aryl methyl sites for hydroxylation is 1. The van der Waals surface area contributed by atoms with E-state index in [1.807, 2.05) is 20.8 Å². The van der Waals surface area contributed by atoms with Crippen molar-refractivity contribution in [3.05, 3.63) is 63.2 Å². The number of hydrogen-bond donors (Lipinski definition) is 1. The van der Waals surface area contributed by atoms with Crippen LogP contribution >= 0.6 is 11.6 Å². The van der Waals surface area contributed by atoms with Crippen molar-refractivity contribution in [1.29, 1.82) is 0 Å². The lowest BCUT2D eigenvalue weighted by Crippen LogP contribution is -2.28. The first-order valence-corrected chi connectivity index (χ1v) is 9.13. The molecule has 9 heteroatoms. The highest BCUT2D eigenvalue weighted by Crippen LogP contribution is 2.28. The molecule has 0 aromatic heterocycles. The number of halogens is 1. The maximum absolute atomic E-state index is 12.0. The van der Waals surface area contributed by atoms with Crippen molar-refractivity contribution in [2.45, 2.75) is 27.7 Å². The molecule has 2 rings (SSSR count). The van der Waals surface area contributed by atoms with E-state index in [1.165, 1.54) is 12.1 Å². The van der Waals surface area contributed by atoms with Crippen LogP contribution in [0.1, 0.15) is 26.3 Å². The van der Waals surface area contributed by atoms with Gasteiger partial charge in [-0.2, -0.15) is 0 Å². The number of amides is 1. The number of oxime groups is 1. The van der Waals surface area contributed by atoms with Crippen LogP contribution in [-0.2, 0) is 4.84 Å². The Kier molecular flexibility index (Phi) is 7.17. The SMILES string of the molecule is Cc1ccc(OC/C(=N\OC(=O)Nc2cccc(Cl)c2)C(C)(C)C)c([N+](=O)[O-])c1. The highest BCUT2D eigenvalue weighted by atomic mass is 35.5. The lowest BCUT2D eigenvalue weighted by molar-refractivity contribution is -0.385. The summed E-state index contributed by atoms with van der Waals surface area (Å²) in [6, 6.07) is 11.3. The topological polar surface area (TPSA) is 103 Å². The molecule has 0 spiro atoms. The molecule has 0 unspecified atom stereocenters. The number of anilines is 1. The molecule has 154 valence electrons. The molecule has 0 heterocycles. The van der Waals surface area contributed by atoms with Crippen molar-refractivity contribution < 1.29 is 19.3 Å². The highest BCUT2D eigenvalue weighted by Gasteiger charge is 2.23. The summed E-state index contributed by atoms with van der Waals surface area (Å²) in [6.45, 7) is 7.24. The number of nitrogens with zero attached hydrogens (tertiary/aromatic N) is 2. The molecule has 0 aliphatic heterocycles. The first-order valence-electron chi connectivity index (χ1n) is 8.75. The Labute approximate surface area is 173 Å². The van der Waals surface area contributed by atoms with Crippen molar-refractivity contribution in [2.75, 3.05) is 11.9 Å². The number of rotatable bonds is 6. The van der Waals surface area contributed by atoms with E-state index in [0.29, 0.717) is 16.4 Å². The number of carbonyl (C=O) groups is 1. The minimum atomic E-state index is -0.796. The molecule has 0 bridgehead atoms. The largest absolute Gasteiger partial charge is 0.480 e. The summed E-state index contributed by atoms with van der Waals surface area (Å²) < 4.78 is 5.61. The molecule has 29 heavy (non-hydrogen) atoms. The molecule has 0 saturated carbocycles. The van der Waals surface area contributed by atoms with Gasteiger partial charge in [-0.15, -0.1) is 0 Å². The van der Waals surface area contributed by atoms with Gasteiger partial charge in [0.15, 0.2) is 5.75 Å². The van der Waals surface area contributed by atoms with Gasteiger partial charge < -0.3 is 4.74 Å². The van der Waals surface area contributed by atoms with Crippen molar-refractivity contribution in [3.8, 4) is 5.75 Å². The Balaban J connectivity index is 2.10. The van der Waals surface area contributed by atoms with E-state index in [2.05, 4.69) is 10.5 Å². The molecule has 1 N–H and O–H groups in total. The minimum Gasteiger partial charge on any atom is -0.480 e. The van der Waals surface area contributed by atoms with Gasteiger partial charge in [-0.3, -0.25) is 20.3 Å². The lowest BCUT2D eigenvalue weighted by Gasteiger charge is -2.20. The van der Waals surface area contributed by atoms with Crippen LogP contribution in [0.25, 0.3) is 0 Å². The van der Waals surface area contributed by atoms with Gasteiger partial charge in [0.2, 0.25) is 0 Å². The van der Waals surface area contributed by atoms with Crippen LogP contribution in [0, 0.1) is 22.5 Å². The number of carbonyl (C=O) groups excluding carboxylic acids is 1. The predicted molar refractivity (Wildman–Crippen MR) is 112 cm³/mol. The summed E-state index contributed by atoms with van der Waals surface area (Å²) >= 11 is 5.88.